The number of hydrogen-bond donors (Lipinski definition) is 3. The van der Waals surface area contributed by atoms with Gasteiger partial charge in [-0.25, -0.2) is 4.98 Å². The van der Waals surface area contributed by atoms with Crippen molar-refractivity contribution in [3.05, 3.63) is 63.3 Å². The van der Waals surface area contributed by atoms with Gasteiger partial charge in [-0.3, -0.25) is 9.59 Å². The number of aryl methyl sites for hydroxylation is 1. The Kier molecular flexibility index (Phi) is 5.50. The summed E-state index contributed by atoms with van der Waals surface area (Å²) in [6.45, 7) is 2.65. The highest BCUT2D eigenvalue weighted by molar-refractivity contribution is 5.92. The molecule has 1 aromatic heterocycles. The van der Waals surface area contributed by atoms with Crippen molar-refractivity contribution in [1.29, 1.82) is 0 Å². The van der Waals surface area contributed by atoms with Crippen LogP contribution < -0.4 is 10.9 Å². The van der Waals surface area contributed by atoms with E-state index in [2.05, 4.69) is 15.3 Å². The highest BCUT2D eigenvalue weighted by atomic mass is 19.4. The Bertz CT molecular complexity index is 847. The molecule has 0 bridgehead atoms. The third-order valence-corrected chi connectivity index (χ3v) is 3.91. The van der Waals surface area contributed by atoms with E-state index in [0.717, 1.165) is 18.2 Å². The van der Waals surface area contributed by atoms with Gasteiger partial charge in [0.25, 0.3) is 11.5 Å². The lowest BCUT2D eigenvalue weighted by Crippen LogP contribution is -2.46. The van der Waals surface area contributed by atoms with Crippen molar-refractivity contribution in [3.8, 4) is 0 Å². The summed E-state index contributed by atoms with van der Waals surface area (Å²) in [4.78, 5) is 30.5. The van der Waals surface area contributed by atoms with E-state index in [1.165, 1.54) is 19.1 Å². The number of nitrogens with zero attached hydrogens (tertiary/aromatic N) is 1. The topological polar surface area (TPSA) is 95.1 Å². The number of hydrogen-bond acceptors (Lipinski definition) is 4. The van der Waals surface area contributed by atoms with E-state index in [4.69, 9.17) is 0 Å². The van der Waals surface area contributed by atoms with Gasteiger partial charge < -0.3 is 15.4 Å². The first-order chi connectivity index (χ1) is 12.1. The maximum absolute atomic E-state index is 12.7. The maximum atomic E-state index is 12.7. The molecule has 2 aromatic rings. The van der Waals surface area contributed by atoms with Gasteiger partial charge in [0.05, 0.1) is 17.7 Å². The summed E-state index contributed by atoms with van der Waals surface area (Å²) in [7, 11) is 0. The van der Waals surface area contributed by atoms with Gasteiger partial charge in [0.2, 0.25) is 0 Å². The van der Waals surface area contributed by atoms with Crippen molar-refractivity contribution in [2.45, 2.75) is 32.0 Å². The number of benzene rings is 1. The van der Waals surface area contributed by atoms with E-state index in [0.29, 0.717) is 12.2 Å². The predicted octanol–water partition coefficient (Wildman–Crippen LogP) is 1.99. The molecule has 1 heterocycles. The van der Waals surface area contributed by atoms with Crippen molar-refractivity contribution < 1.29 is 23.1 Å². The Morgan fingerprint density at radius 3 is 2.31 bits per heavy atom. The van der Waals surface area contributed by atoms with Crippen LogP contribution in [-0.4, -0.2) is 27.6 Å². The van der Waals surface area contributed by atoms with Gasteiger partial charge >= 0.3 is 6.18 Å². The van der Waals surface area contributed by atoms with E-state index in [-0.39, 0.29) is 11.3 Å². The Hall–Kier alpha value is -2.68. The maximum Gasteiger partial charge on any atom is 0.416 e. The fourth-order valence-corrected chi connectivity index (χ4v) is 2.34. The molecular formula is C17H18F3N3O3. The van der Waals surface area contributed by atoms with Crippen molar-refractivity contribution in [3.63, 3.8) is 0 Å². The standard InChI is InChI=1S/C17H18F3N3O3/c1-3-13-21-12(8-14(25)22-13)15(26)23-16(2,9-24)10-4-6-11(7-5-10)17(18,19)20/h4-8,24H,3,9H2,1-2H3,(H,23,26)(H,21,22,25)/t16-/m1/s1. The van der Waals surface area contributed by atoms with E-state index >= 15 is 0 Å². The molecule has 1 atom stereocenters. The average molecular weight is 369 g/mol. The molecule has 0 radical (unpaired) electrons. The lowest BCUT2D eigenvalue weighted by atomic mass is 9.91. The second-order valence-electron chi connectivity index (χ2n) is 5.95. The largest absolute Gasteiger partial charge is 0.416 e. The third-order valence-electron chi connectivity index (χ3n) is 3.91. The van der Waals surface area contributed by atoms with Crippen LogP contribution in [0.25, 0.3) is 0 Å². The summed E-state index contributed by atoms with van der Waals surface area (Å²) in [6.07, 6.45) is -4.07. The van der Waals surface area contributed by atoms with Crippen LogP contribution in [0.5, 0.6) is 0 Å². The number of aromatic amines is 1. The number of H-pyrrole nitrogens is 1. The first kappa shape index (κ1) is 19.6. The Labute approximate surface area is 147 Å². The number of rotatable bonds is 5. The molecule has 140 valence electrons. The molecular weight excluding hydrogens is 351 g/mol. The number of alkyl halides is 3. The van der Waals surface area contributed by atoms with E-state index < -0.39 is 35.4 Å². The molecule has 1 aromatic carbocycles. The summed E-state index contributed by atoms with van der Waals surface area (Å²) < 4.78 is 38.0. The number of aliphatic hydroxyl groups excluding tert-OH is 1. The number of aliphatic hydroxyl groups is 1. The van der Waals surface area contributed by atoms with Gasteiger partial charge in [0.1, 0.15) is 11.5 Å². The molecule has 2 rings (SSSR count). The Morgan fingerprint density at radius 1 is 1.23 bits per heavy atom. The second kappa shape index (κ2) is 7.28. The summed E-state index contributed by atoms with van der Waals surface area (Å²) in [5.41, 5.74) is -2.55. The fourth-order valence-electron chi connectivity index (χ4n) is 2.34. The molecule has 0 saturated carbocycles. The Balaban J connectivity index is 2.31. The zero-order chi connectivity index (χ0) is 19.5. The van der Waals surface area contributed by atoms with Gasteiger partial charge in [-0.2, -0.15) is 13.2 Å². The third kappa shape index (κ3) is 4.29. The molecule has 0 aliphatic rings. The second-order valence-corrected chi connectivity index (χ2v) is 5.95. The van der Waals surface area contributed by atoms with Crippen LogP contribution in [0.1, 0.15) is 41.3 Å². The minimum absolute atomic E-state index is 0.141. The summed E-state index contributed by atoms with van der Waals surface area (Å²) in [6, 6.07) is 5.12. The van der Waals surface area contributed by atoms with Gasteiger partial charge in [0, 0.05) is 12.5 Å². The van der Waals surface area contributed by atoms with E-state index in [1.54, 1.807) is 6.92 Å². The summed E-state index contributed by atoms with van der Waals surface area (Å²) in [5, 5.41) is 12.2. The highest BCUT2D eigenvalue weighted by Crippen LogP contribution is 2.31. The van der Waals surface area contributed by atoms with Gasteiger partial charge in [-0.15, -0.1) is 0 Å². The number of carbonyl (C=O) groups is 1. The van der Waals surface area contributed by atoms with Crippen molar-refractivity contribution in [2.24, 2.45) is 0 Å². The number of carbonyl (C=O) groups excluding carboxylic acids is 1. The first-order valence-electron chi connectivity index (χ1n) is 7.80. The smallest absolute Gasteiger partial charge is 0.394 e. The van der Waals surface area contributed by atoms with E-state index in [1.807, 2.05) is 0 Å². The monoisotopic (exact) mass is 369 g/mol. The van der Waals surface area contributed by atoms with Crippen LogP contribution in [0, 0.1) is 0 Å². The number of aromatic nitrogens is 2. The normalized spacial score (nSPS) is 13.9. The number of nitrogens with one attached hydrogen (secondary N) is 2. The minimum atomic E-state index is -4.48. The molecule has 0 fully saturated rings. The summed E-state index contributed by atoms with van der Waals surface area (Å²) >= 11 is 0. The Morgan fingerprint density at radius 2 is 1.81 bits per heavy atom. The molecule has 0 aliphatic heterocycles. The van der Waals surface area contributed by atoms with Gasteiger partial charge in [-0.05, 0) is 24.6 Å². The van der Waals surface area contributed by atoms with Crippen molar-refractivity contribution in [2.75, 3.05) is 6.61 Å². The molecule has 3 N–H and O–H groups in total. The summed E-state index contributed by atoms with van der Waals surface area (Å²) in [5.74, 6) is -0.398. The molecule has 0 saturated heterocycles. The molecule has 0 spiro atoms. The van der Waals surface area contributed by atoms with Crippen LogP contribution in [-0.2, 0) is 18.1 Å². The molecule has 9 heteroatoms. The lowest BCUT2D eigenvalue weighted by molar-refractivity contribution is -0.137. The molecule has 6 nitrogen and oxygen atoms in total. The fraction of sp³-hybridized carbons (Fsp3) is 0.353. The van der Waals surface area contributed by atoms with Gasteiger partial charge in [0.15, 0.2) is 0 Å². The number of amides is 1. The molecule has 0 aliphatic carbocycles. The molecule has 1 amide bonds. The lowest BCUT2D eigenvalue weighted by Gasteiger charge is -2.29. The van der Waals surface area contributed by atoms with Crippen LogP contribution in [0.4, 0.5) is 13.2 Å². The van der Waals surface area contributed by atoms with Crippen LogP contribution in [0.2, 0.25) is 0 Å². The highest BCUT2D eigenvalue weighted by Gasteiger charge is 2.33. The van der Waals surface area contributed by atoms with Crippen molar-refractivity contribution >= 4 is 5.91 Å². The van der Waals surface area contributed by atoms with E-state index in [9.17, 15) is 27.9 Å². The molecule has 26 heavy (non-hydrogen) atoms. The zero-order valence-corrected chi connectivity index (χ0v) is 14.1. The van der Waals surface area contributed by atoms with Crippen LogP contribution >= 0.6 is 0 Å². The number of halogens is 3. The van der Waals surface area contributed by atoms with Crippen molar-refractivity contribution in [1.82, 2.24) is 15.3 Å². The predicted molar refractivity (Wildman–Crippen MR) is 87.6 cm³/mol. The average Bonchev–Trinajstić information content (AvgIpc) is 2.60. The molecule has 0 unspecified atom stereocenters. The van der Waals surface area contributed by atoms with Gasteiger partial charge in [-0.1, -0.05) is 19.1 Å². The minimum Gasteiger partial charge on any atom is -0.394 e. The van der Waals surface area contributed by atoms with Crippen LogP contribution in [0.3, 0.4) is 0 Å². The zero-order valence-electron chi connectivity index (χ0n) is 14.1. The quantitative estimate of drug-likeness (QED) is 0.751. The SMILES string of the molecule is CCc1nc(C(=O)N[C@](C)(CO)c2ccc(C(F)(F)F)cc2)cc(=O)[nH]1. The first-order valence-corrected chi connectivity index (χ1v) is 7.80. The van der Waals surface area contributed by atoms with Crippen LogP contribution in [0.15, 0.2) is 35.1 Å².